The predicted molar refractivity (Wildman–Crippen MR) is 111 cm³/mol. The standard InChI is InChI=1S/C21H26N4O4/c1-28-20-7-3-2-5-17(20)14-23-21(24-15-19-6-4-12-29-19)22-13-16-8-10-18(11-9-16)25(26)27/h2-3,5,7-11,19H,4,6,12-15H2,1H3,(H2,22,23,24). The van der Waals surface area contributed by atoms with Gasteiger partial charge >= 0.3 is 0 Å². The Kier molecular flexibility index (Phi) is 7.40. The third kappa shape index (κ3) is 6.18. The number of hydrogen-bond acceptors (Lipinski definition) is 5. The number of nitrogens with one attached hydrogen (secondary N) is 2. The van der Waals surface area contributed by atoms with Gasteiger partial charge in [0.25, 0.3) is 5.69 Å². The summed E-state index contributed by atoms with van der Waals surface area (Å²) in [5, 5.41) is 17.5. The van der Waals surface area contributed by atoms with Gasteiger partial charge in [-0.05, 0) is 24.5 Å². The van der Waals surface area contributed by atoms with Crippen LogP contribution in [0.25, 0.3) is 0 Å². The van der Waals surface area contributed by atoms with Gasteiger partial charge in [-0.1, -0.05) is 30.3 Å². The Labute approximate surface area is 170 Å². The molecule has 1 saturated heterocycles. The second-order valence-electron chi connectivity index (χ2n) is 6.77. The number of non-ortho nitro benzene ring substituents is 1. The number of nitro groups is 1. The van der Waals surface area contributed by atoms with E-state index >= 15 is 0 Å². The first-order valence-corrected chi connectivity index (χ1v) is 9.64. The molecule has 29 heavy (non-hydrogen) atoms. The lowest BCUT2D eigenvalue weighted by molar-refractivity contribution is -0.384. The molecule has 2 aromatic carbocycles. The molecule has 0 radical (unpaired) electrons. The fraction of sp³-hybridized carbons (Fsp3) is 0.381. The molecule has 3 rings (SSSR count). The number of aliphatic imine (C=N–C) groups is 1. The second kappa shape index (κ2) is 10.4. The highest BCUT2D eigenvalue weighted by atomic mass is 16.6. The van der Waals surface area contributed by atoms with Crippen LogP contribution in [-0.4, -0.2) is 37.2 Å². The van der Waals surface area contributed by atoms with E-state index in [9.17, 15) is 10.1 Å². The molecule has 1 fully saturated rings. The van der Waals surface area contributed by atoms with E-state index in [1.165, 1.54) is 12.1 Å². The van der Waals surface area contributed by atoms with Crippen molar-refractivity contribution in [2.24, 2.45) is 4.99 Å². The van der Waals surface area contributed by atoms with Crippen LogP contribution in [0.3, 0.4) is 0 Å². The summed E-state index contributed by atoms with van der Waals surface area (Å²) in [6.45, 7) is 2.45. The van der Waals surface area contributed by atoms with Gasteiger partial charge in [-0.2, -0.15) is 0 Å². The van der Waals surface area contributed by atoms with E-state index in [-0.39, 0.29) is 11.8 Å². The van der Waals surface area contributed by atoms with Gasteiger partial charge in [-0.15, -0.1) is 0 Å². The molecule has 1 heterocycles. The fourth-order valence-corrected chi connectivity index (χ4v) is 3.11. The Balaban J connectivity index is 1.65. The largest absolute Gasteiger partial charge is 0.496 e. The van der Waals surface area contributed by atoms with Gasteiger partial charge in [0, 0.05) is 37.4 Å². The zero-order chi connectivity index (χ0) is 20.5. The maximum atomic E-state index is 10.8. The SMILES string of the molecule is COc1ccccc1CNC(=NCc1ccc([N+](=O)[O-])cc1)NCC1CCCO1. The van der Waals surface area contributed by atoms with Gasteiger partial charge in [0.05, 0.1) is 24.7 Å². The molecule has 2 N–H and O–H groups in total. The summed E-state index contributed by atoms with van der Waals surface area (Å²) in [6.07, 6.45) is 2.30. The van der Waals surface area contributed by atoms with Crippen LogP contribution in [-0.2, 0) is 17.8 Å². The number of hydrogen-bond donors (Lipinski definition) is 2. The zero-order valence-electron chi connectivity index (χ0n) is 16.5. The summed E-state index contributed by atoms with van der Waals surface area (Å²) in [6, 6.07) is 14.2. The topological polar surface area (TPSA) is 98.0 Å². The van der Waals surface area contributed by atoms with Gasteiger partial charge in [-0.25, -0.2) is 4.99 Å². The lowest BCUT2D eigenvalue weighted by atomic mass is 10.2. The van der Waals surface area contributed by atoms with Crippen molar-refractivity contribution in [1.82, 2.24) is 10.6 Å². The lowest BCUT2D eigenvalue weighted by Gasteiger charge is -2.16. The maximum Gasteiger partial charge on any atom is 0.269 e. The third-order valence-electron chi connectivity index (χ3n) is 4.73. The van der Waals surface area contributed by atoms with Gasteiger partial charge in [-0.3, -0.25) is 10.1 Å². The van der Waals surface area contributed by atoms with Crippen molar-refractivity contribution < 1.29 is 14.4 Å². The highest BCUT2D eigenvalue weighted by Crippen LogP contribution is 2.17. The number of ether oxygens (including phenoxy) is 2. The van der Waals surface area contributed by atoms with E-state index in [1.807, 2.05) is 24.3 Å². The molecule has 0 bridgehead atoms. The van der Waals surface area contributed by atoms with E-state index < -0.39 is 4.92 Å². The highest BCUT2D eigenvalue weighted by Gasteiger charge is 2.15. The van der Waals surface area contributed by atoms with Crippen molar-refractivity contribution in [1.29, 1.82) is 0 Å². The van der Waals surface area contributed by atoms with Gasteiger partial charge in [0.2, 0.25) is 0 Å². The molecule has 1 aliphatic rings. The molecule has 8 heteroatoms. The van der Waals surface area contributed by atoms with Crippen LogP contribution in [0.5, 0.6) is 5.75 Å². The number of nitrogens with zero attached hydrogens (tertiary/aromatic N) is 2. The number of nitro benzene ring substituents is 1. The Morgan fingerprint density at radius 2 is 2.03 bits per heavy atom. The quantitative estimate of drug-likeness (QED) is 0.307. The molecule has 1 unspecified atom stereocenters. The Morgan fingerprint density at radius 3 is 2.72 bits per heavy atom. The number of guanidine groups is 1. The average molecular weight is 398 g/mol. The molecule has 2 aromatic rings. The monoisotopic (exact) mass is 398 g/mol. The van der Waals surface area contributed by atoms with Crippen LogP contribution in [0.2, 0.25) is 0 Å². The maximum absolute atomic E-state index is 10.8. The predicted octanol–water partition coefficient (Wildman–Crippen LogP) is 3.02. The summed E-state index contributed by atoms with van der Waals surface area (Å²) in [5.41, 5.74) is 1.99. The van der Waals surface area contributed by atoms with Crippen LogP contribution in [0, 0.1) is 10.1 Å². The van der Waals surface area contributed by atoms with Crippen molar-refractivity contribution in [3.8, 4) is 5.75 Å². The number of benzene rings is 2. The molecule has 0 spiro atoms. The van der Waals surface area contributed by atoms with E-state index in [1.54, 1.807) is 19.2 Å². The first-order chi connectivity index (χ1) is 14.2. The molecule has 0 aliphatic carbocycles. The Bertz CT molecular complexity index is 833. The number of para-hydroxylation sites is 1. The normalized spacial score (nSPS) is 16.4. The third-order valence-corrected chi connectivity index (χ3v) is 4.73. The van der Waals surface area contributed by atoms with Crippen LogP contribution in [0.4, 0.5) is 5.69 Å². The Hall–Kier alpha value is -3.13. The zero-order valence-corrected chi connectivity index (χ0v) is 16.5. The van der Waals surface area contributed by atoms with Crippen molar-refractivity contribution >= 4 is 11.6 Å². The molecular formula is C21H26N4O4. The second-order valence-corrected chi connectivity index (χ2v) is 6.77. The summed E-state index contributed by atoms with van der Waals surface area (Å²) < 4.78 is 11.1. The van der Waals surface area contributed by atoms with Crippen molar-refractivity contribution in [2.75, 3.05) is 20.3 Å². The minimum atomic E-state index is -0.406. The van der Waals surface area contributed by atoms with E-state index in [0.717, 1.165) is 36.3 Å². The molecular weight excluding hydrogens is 372 g/mol. The van der Waals surface area contributed by atoms with Crippen molar-refractivity contribution in [3.63, 3.8) is 0 Å². The van der Waals surface area contributed by atoms with Crippen LogP contribution in [0.1, 0.15) is 24.0 Å². The summed E-state index contributed by atoms with van der Waals surface area (Å²) in [4.78, 5) is 15.0. The first-order valence-electron chi connectivity index (χ1n) is 9.64. The molecule has 0 amide bonds. The molecule has 1 aliphatic heterocycles. The van der Waals surface area contributed by atoms with Crippen molar-refractivity contribution in [2.45, 2.75) is 32.0 Å². The Morgan fingerprint density at radius 1 is 1.24 bits per heavy atom. The van der Waals surface area contributed by atoms with E-state index in [2.05, 4.69) is 15.6 Å². The molecule has 0 saturated carbocycles. The molecule has 8 nitrogen and oxygen atoms in total. The lowest BCUT2D eigenvalue weighted by Crippen LogP contribution is -2.40. The number of rotatable bonds is 8. The summed E-state index contributed by atoms with van der Waals surface area (Å²) in [5.74, 6) is 1.47. The molecule has 154 valence electrons. The minimum Gasteiger partial charge on any atom is -0.496 e. The summed E-state index contributed by atoms with van der Waals surface area (Å²) in [7, 11) is 1.65. The van der Waals surface area contributed by atoms with Crippen LogP contribution in [0.15, 0.2) is 53.5 Å². The minimum absolute atomic E-state index is 0.0729. The van der Waals surface area contributed by atoms with Gasteiger partial charge < -0.3 is 20.1 Å². The fourth-order valence-electron chi connectivity index (χ4n) is 3.11. The van der Waals surface area contributed by atoms with Gasteiger partial charge in [0.15, 0.2) is 5.96 Å². The molecule has 1 atom stereocenters. The van der Waals surface area contributed by atoms with Crippen LogP contribution >= 0.6 is 0 Å². The number of methoxy groups -OCH3 is 1. The molecule has 0 aromatic heterocycles. The summed E-state index contributed by atoms with van der Waals surface area (Å²) >= 11 is 0. The highest BCUT2D eigenvalue weighted by molar-refractivity contribution is 5.79. The van der Waals surface area contributed by atoms with E-state index in [0.29, 0.717) is 25.6 Å². The van der Waals surface area contributed by atoms with Crippen molar-refractivity contribution in [3.05, 3.63) is 69.8 Å². The smallest absolute Gasteiger partial charge is 0.269 e. The van der Waals surface area contributed by atoms with Gasteiger partial charge in [0.1, 0.15) is 5.75 Å². The first kappa shape index (κ1) is 20.6. The van der Waals surface area contributed by atoms with Crippen LogP contribution < -0.4 is 15.4 Å². The van der Waals surface area contributed by atoms with E-state index in [4.69, 9.17) is 9.47 Å². The average Bonchev–Trinajstić information content (AvgIpc) is 3.27.